The lowest BCUT2D eigenvalue weighted by atomic mass is 10.2. The van der Waals surface area contributed by atoms with Gasteiger partial charge < -0.3 is 15.1 Å². The van der Waals surface area contributed by atoms with Crippen molar-refractivity contribution >= 4 is 25.8 Å². The lowest BCUT2D eigenvalue weighted by molar-refractivity contribution is -0.121. The Morgan fingerprint density at radius 1 is 0.900 bits per heavy atom. The second kappa shape index (κ2) is 21.1. The molecular formula is C22H38NO5PS. The molecule has 0 aliphatic rings. The Hall–Kier alpha value is -1.11. The van der Waals surface area contributed by atoms with E-state index < -0.39 is 7.82 Å². The van der Waals surface area contributed by atoms with E-state index in [1.54, 1.807) is 0 Å². The Kier molecular flexibility index (Phi) is 20.4. The van der Waals surface area contributed by atoms with Gasteiger partial charge in [0.15, 0.2) is 0 Å². The molecule has 0 saturated carbocycles. The maximum Gasteiger partial charge on any atom is 0.480 e. The minimum atomic E-state index is -4.45. The van der Waals surface area contributed by atoms with Crippen molar-refractivity contribution in [3.63, 3.8) is 0 Å². The summed E-state index contributed by atoms with van der Waals surface area (Å²) in [5, 5.41) is 2.68. The molecule has 0 aromatic carbocycles. The summed E-state index contributed by atoms with van der Waals surface area (Å²) in [6.45, 7) is 2.54. The van der Waals surface area contributed by atoms with Gasteiger partial charge in [0, 0.05) is 30.8 Å². The van der Waals surface area contributed by atoms with Crippen LogP contribution in [0.3, 0.4) is 0 Å². The molecule has 0 radical (unpaired) electrons. The monoisotopic (exact) mass is 459 g/mol. The number of nitrogens with one attached hydrogen (secondary N) is 1. The molecule has 1 amide bonds. The molecule has 0 bridgehead atoms. The van der Waals surface area contributed by atoms with Gasteiger partial charge >= 0.3 is 7.82 Å². The Balaban J connectivity index is 3.50. The molecular weight excluding hydrogens is 421 g/mol. The zero-order valence-corrected chi connectivity index (χ0v) is 19.8. The van der Waals surface area contributed by atoms with E-state index in [2.05, 4.69) is 64.8 Å². The fraction of sp³-hybridized carbons (Fsp3) is 0.591. The molecule has 0 saturated heterocycles. The fourth-order valence-corrected chi connectivity index (χ4v) is 3.40. The SMILES string of the molecule is CCCCC/C=C\C/C=C\C/C=C\C/C=C\CCCC(=O)NCCSOP(=O)(O)O. The lowest BCUT2D eigenvalue weighted by Gasteiger charge is -2.05. The third-order valence-corrected chi connectivity index (χ3v) is 5.46. The zero-order valence-electron chi connectivity index (χ0n) is 18.1. The Bertz CT molecular complexity index is 584. The van der Waals surface area contributed by atoms with Crippen molar-refractivity contribution in [2.45, 2.75) is 71.1 Å². The summed E-state index contributed by atoms with van der Waals surface area (Å²) >= 11 is 0.650. The number of allylic oxidation sites excluding steroid dienone is 8. The molecule has 0 spiro atoms. The molecule has 0 unspecified atom stereocenters. The summed E-state index contributed by atoms with van der Waals surface area (Å²) in [5.74, 6) is 0.219. The van der Waals surface area contributed by atoms with Gasteiger partial charge in [-0.3, -0.25) is 4.79 Å². The van der Waals surface area contributed by atoms with Crippen molar-refractivity contribution in [3.05, 3.63) is 48.6 Å². The van der Waals surface area contributed by atoms with Crippen LogP contribution in [0.5, 0.6) is 0 Å². The third-order valence-electron chi connectivity index (χ3n) is 3.89. The number of carbonyl (C=O) groups is 1. The third kappa shape index (κ3) is 24.9. The van der Waals surface area contributed by atoms with Crippen molar-refractivity contribution in [1.82, 2.24) is 5.32 Å². The number of hydrogen-bond donors (Lipinski definition) is 3. The first-order valence-electron chi connectivity index (χ1n) is 10.7. The minimum Gasteiger partial charge on any atom is -0.355 e. The smallest absolute Gasteiger partial charge is 0.355 e. The predicted octanol–water partition coefficient (Wildman–Crippen LogP) is 6.01. The molecule has 0 atom stereocenters. The average molecular weight is 460 g/mol. The van der Waals surface area contributed by atoms with Crippen molar-refractivity contribution in [3.8, 4) is 0 Å². The minimum absolute atomic E-state index is 0.0670. The number of unbranched alkanes of at least 4 members (excludes halogenated alkanes) is 4. The summed E-state index contributed by atoms with van der Waals surface area (Å²) in [7, 11) is -4.45. The van der Waals surface area contributed by atoms with Crippen LogP contribution in [-0.2, 0) is 13.3 Å². The van der Waals surface area contributed by atoms with Crippen LogP contribution in [-0.4, -0.2) is 28.0 Å². The van der Waals surface area contributed by atoms with Gasteiger partial charge in [0.2, 0.25) is 5.91 Å². The maximum absolute atomic E-state index is 11.6. The van der Waals surface area contributed by atoms with Crippen LogP contribution in [0.2, 0.25) is 0 Å². The zero-order chi connectivity index (χ0) is 22.3. The van der Waals surface area contributed by atoms with Crippen LogP contribution in [0.15, 0.2) is 48.6 Å². The van der Waals surface area contributed by atoms with Crippen molar-refractivity contribution in [2.75, 3.05) is 12.3 Å². The number of rotatable bonds is 19. The predicted molar refractivity (Wildman–Crippen MR) is 127 cm³/mol. The van der Waals surface area contributed by atoms with Crippen LogP contribution in [0.4, 0.5) is 0 Å². The van der Waals surface area contributed by atoms with Gasteiger partial charge in [0.05, 0.1) is 0 Å². The number of hydrogen-bond acceptors (Lipinski definition) is 4. The van der Waals surface area contributed by atoms with Crippen LogP contribution in [0.1, 0.15) is 71.1 Å². The van der Waals surface area contributed by atoms with Crippen molar-refractivity contribution < 1.29 is 23.1 Å². The maximum atomic E-state index is 11.6. The molecule has 3 N–H and O–H groups in total. The van der Waals surface area contributed by atoms with Gasteiger partial charge in [-0.25, -0.2) is 8.54 Å². The summed E-state index contributed by atoms with van der Waals surface area (Å²) in [4.78, 5) is 28.6. The molecule has 0 rings (SSSR count). The van der Waals surface area contributed by atoms with Gasteiger partial charge in [0.25, 0.3) is 0 Å². The van der Waals surface area contributed by atoms with E-state index in [0.29, 0.717) is 25.0 Å². The Morgan fingerprint density at radius 2 is 1.43 bits per heavy atom. The van der Waals surface area contributed by atoms with E-state index in [1.807, 2.05) is 0 Å². The second-order valence-corrected chi connectivity index (χ2v) is 8.94. The fourth-order valence-electron chi connectivity index (χ4n) is 2.37. The molecule has 172 valence electrons. The van der Waals surface area contributed by atoms with Crippen molar-refractivity contribution in [2.24, 2.45) is 0 Å². The second-order valence-electron chi connectivity index (χ2n) is 6.72. The Morgan fingerprint density at radius 3 is 1.97 bits per heavy atom. The molecule has 0 aromatic rings. The van der Waals surface area contributed by atoms with Crippen LogP contribution in [0, 0.1) is 0 Å². The molecule has 8 heteroatoms. The highest BCUT2D eigenvalue weighted by atomic mass is 32.2. The van der Waals surface area contributed by atoms with E-state index in [4.69, 9.17) is 9.79 Å². The average Bonchev–Trinajstić information content (AvgIpc) is 2.69. The highest BCUT2D eigenvalue weighted by Crippen LogP contribution is 2.40. The summed E-state index contributed by atoms with van der Waals surface area (Å²) in [6.07, 6.45) is 27.4. The van der Waals surface area contributed by atoms with E-state index in [-0.39, 0.29) is 11.7 Å². The summed E-state index contributed by atoms with van der Waals surface area (Å²) in [5.41, 5.74) is 0. The highest BCUT2D eigenvalue weighted by molar-refractivity contribution is 7.97. The van der Waals surface area contributed by atoms with Gasteiger partial charge in [-0.15, -0.1) is 0 Å². The molecule has 6 nitrogen and oxygen atoms in total. The van der Waals surface area contributed by atoms with Gasteiger partial charge in [0.1, 0.15) is 0 Å². The number of phosphoric acid groups is 1. The van der Waals surface area contributed by atoms with E-state index in [9.17, 15) is 9.36 Å². The molecule has 0 heterocycles. The molecule has 0 aliphatic heterocycles. The number of carbonyl (C=O) groups excluding carboxylic acids is 1. The largest absolute Gasteiger partial charge is 0.480 e. The quantitative estimate of drug-likeness (QED) is 0.0948. The van der Waals surface area contributed by atoms with Crippen LogP contribution in [0.25, 0.3) is 0 Å². The first-order chi connectivity index (χ1) is 14.5. The van der Waals surface area contributed by atoms with Gasteiger partial charge in [-0.1, -0.05) is 68.4 Å². The van der Waals surface area contributed by atoms with E-state index in [0.717, 1.165) is 32.1 Å². The van der Waals surface area contributed by atoms with Crippen LogP contribution >= 0.6 is 19.9 Å². The van der Waals surface area contributed by atoms with Gasteiger partial charge in [-0.05, 0) is 44.9 Å². The molecule has 0 aliphatic carbocycles. The van der Waals surface area contributed by atoms with E-state index >= 15 is 0 Å². The Labute approximate surface area is 186 Å². The lowest BCUT2D eigenvalue weighted by Crippen LogP contribution is -2.25. The van der Waals surface area contributed by atoms with Crippen molar-refractivity contribution in [1.29, 1.82) is 0 Å². The summed E-state index contributed by atoms with van der Waals surface area (Å²) < 4.78 is 14.7. The standard InChI is InChI=1S/C22H38NO5PS/c1-2-3-4-5-6-7-8-9-10-11-12-13-14-15-16-17-18-19-22(24)23-20-21-30-28-29(25,26)27/h6-7,9-10,12-13,15-16H,2-5,8,11,14,17-21H2,1H3,(H,23,24)(H2,25,26,27)/b7-6-,10-9-,13-12-,16-15-. The molecule has 0 aromatic heterocycles. The topological polar surface area (TPSA) is 95.9 Å². The highest BCUT2D eigenvalue weighted by Gasteiger charge is 2.13. The summed E-state index contributed by atoms with van der Waals surface area (Å²) in [6, 6.07) is 0. The first-order valence-corrected chi connectivity index (χ1v) is 13.1. The van der Waals surface area contributed by atoms with Crippen LogP contribution < -0.4 is 5.32 Å². The first kappa shape index (κ1) is 28.9. The number of amides is 1. The van der Waals surface area contributed by atoms with Gasteiger partial charge in [-0.2, -0.15) is 0 Å². The molecule has 30 heavy (non-hydrogen) atoms. The molecule has 0 fully saturated rings. The normalized spacial score (nSPS) is 12.8. The van der Waals surface area contributed by atoms with E-state index in [1.165, 1.54) is 25.7 Å².